The van der Waals surface area contributed by atoms with Gasteiger partial charge in [0.25, 0.3) is 5.56 Å². The fourth-order valence-corrected chi connectivity index (χ4v) is 5.38. The molecule has 3 N–H and O–H groups in total. The minimum atomic E-state index is -0.178. The van der Waals surface area contributed by atoms with Gasteiger partial charge in [-0.1, -0.05) is 41.9 Å². The Bertz CT molecular complexity index is 1600. The van der Waals surface area contributed by atoms with Crippen molar-refractivity contribution in [2.75, 3.05) is 6.54 Å². The third kappa shape index (κ3) is 3.44. The van der Waals surface area contributed by atoms with Crippen LogP contribution < -0.4 is 11.3 Å². The molecule has 0 spiro atoms. The summed E-state index contributed by atoms with van der Waals surface area (Å²) in [6, 6.07) is 20.2. The van der Waals surface area contributed by atoms with Crippen LogP contribution in [0.15, 0.2) is 65.5 Å². The maximum atomic E-state index is 13.5. The molecule has 0 bridgehead atoms. The molecule has 2 aromatic heterocycles. The minimum Gasteiger partial charge on any atom is -0.340 e. The number of rotatable bonds is 5. The van der Waals surface area contributed by atoms with E-state index in [0.29, 0.717) is 17.3 Å². The number of aromatic amines is 1. The minimum absolute atomic E-state index is 0.178. The lowest BCUT2D eigenvalue weighted by atomic mass is 10.0. The third-order valence-corrected chi connectivity index (χ3v) is 7.07. The van der Waals surface area contributed by atoms with Crippen LogP contribution in [0, 0.1) is 0 Å². The van der Waals surface area contributed by atoms with Crippen LogP contribution in [0.4, 0.5) is 0 Å². The predicted molar refractivity (Wildman–Crippen MR) is 139 cm³/mol. The van der Waals surface area contributed by atoms with Gasteiger partial charge in [0.1, 0.15) is 5.69 Å². The third-order valence-electron chi connectivity index (χ3n) is 6.82. The first-order valence-corrected chi connectivity index (χ1v) is 12.2. The van der Waals surface area contributed by atoms with E-state index >= 15 is 0 Å². The highest BCUT2D eigenvalue weighted by molar-refractivity contribution is 6.30. The number of halogens is 1. The number of hydrogen-bond donors (Lipinski definition) is 2. The van der Waals surface area contributed by atoms with Crippen molar-refractivity contribution in [1.29, 1.82) is 0 Å². The average molecular weight is 469 g/mol. The van der Waals surface area contributed by atoms with Crippen LogP contribution in [0.5, 0.6) is 0 Å². The quantitative estimate of drug-likeness (QED) is 0.347. The molecular weight excluding hydrogens is 444 g/mol. The molecule has 0 amide bonds. The molecule has 1 aliphatic rings. The van der Waals surface area contributed by atoms with Gasteiger partial charge in [0, 0.05) is 28.0 Å². The number of benzene rings is 3. The van der Waals surface area contributed by atoms with Crippen molar-refractivity contribution in [3.63, 3.8) is 0 Å². The van der Waals surface area contributed by atoms with E-state index in [0.717, 1.165) is 71.0 Å². The van der Waals surface area contributed by atoms with E-state index in [9.17, 15) is 4.79 Å². The molecule has 0 unspecified atom stereocenters. The van der Waals surface area contributed by atoms with Crippen LogP contribution in [-0.4, -0.2) is 21.1 Å². The second-order valence-corrected chi connectivity index (χ2v) is 9.38. The fourth-order valence-electron chi connectivity index (χ4n) is 5.26. The molecule has 34 heavy (non-hydrogen) atoms. The average Bonchev–Trinajstić information content (AvgIpc) is 3.43. The molecule has 1 aliphatic carbocycles. The summed E-state index contributed by atoms with van der Waals surface area (Å²) in [6.45, 7) is 1.33. The molecule has 0 radical (unpaired) electrons. The van der Waals surface area contributed by atoms with Crippen LogP contribution in [0.1, 0.15) is 24.0 Å². The van der Waals surface area contributed by atoms with Crippen molar-refractivity contribution >= 4 is 33.5 Å². The number of aryl methyl sites for hydroxylation is 3. The van der Waals surface area contributed by atoms with Crippen LogP contribution in [-0.2, 0) is 19.4 Å². The number of nitrogens with one attached hydrogen (secondary N) is 1. The van der Waals surface area contributed by atoms with Gasteiger partial charge in [-0.15, -0.1) is 0 Å². The first kappa shape index (κ1) is 21.1. The Morgan fingerprint density at radius 1 is 1.03 bits per heavy atom. The number of H-pyrrole nitrogens is 1. The zero-order chi connectivity index (χ0) is 23.2. The zero-order valence-electron chi connectivity index (χ0n) is 18.8. The number of nitrogens with zero attached hydrogens (tertiary/aromatic N) is 2. The second kappa shape index (κ2) is 8.42. The number of hydrogen-bond acceptors (Lipinski definition) is 3. The van der Waals surface area contributed by atoms with Gasteiger partial charge in [0.05, 0.1) is 16.7 Å². The number of aromatic nitrogens is 3. The summed E-state index contributed by atoms with van der Waals surface area (Å²) in [4.78, 5) is 21.6. The Morgan fingerprint density at radius 3 is 2.59 bits per heavy atom. The van der Waals surface area contributed by atoms with Gasteiger partial charge in [0.15, 0.2) is 0 Å². The molecule has 170 valence electrons. The molecule has 2 heterocycles. The highest BCUT2D eigenvalue weighted by atomic mass is 35.5. The maximum absolute atomic E-state index is 13.5. The van der Waals surface area contributed by atoms with Gasteiger partial charge in [-0.2, -0.15) is 0 Å². The lowest BCUT2D eigenvalue weighted by Gasteiger charge is -2.13. The second-order valence-electron chi connectivity index (χ2n) is 8.95. The molecule has 0 aliphatic heterocycles. The summed E-state index contributed by atoms with van der Waals surface area (Å²) in [5, 5.41) is 1.67. The molecule has 5 aromatic rings. The highest BCUT2D eigenvalue weighted by Crippen LogP contribution is 2.40. The number of para-hydroxylation sites is 1. The van der Waals surface area contributed by atoms with Gasteiger partial charge in [0.2, 0.25) is 0 Å². The lowest BCUT2D eigenvalue weighted by molar-refractivity contribution is 0.676. The van der Waals surface area contributed by atoms with Crippen LogP contribution >= 0.6 is 11.6 Å². The van der Waals surface area contributed by atoms with E-state index in [-0.39, 0.29) is 5.56 Å². The van der Waals surface area contributed by atoms with Gasteiger partial charge < -0.3 is 15.3 Å². The summed E-state index contributed by atoms with van der Waals surface area (Å²) in [5.74, 6) is 0. The summed E-state index contributed by atoms with van der Waals surface area (Å²) in [5.41, 5.74) is 14.3. The van der Waals surface area contributed by atoms with Crippen LogP contribution in [0.3, 0.4) is 0 Å². The van der Waals surface area contributed by atoms with Crippen molar-refractivity contribution in [2.45, 2.75) is 32.2 Å². The molecule has 0 saturated heterocycles. The monoisotopic (exact) mass is 468 g/mol. The van der Waals surface area contributed by atoms with Gasteiger partial charge >= 0.3 is 0 Å². The molecular formula is C28H25ClN4O. The highest BCUT2D eigenvalue weighted by Gasteiger charge is 2.23. The lowest BCUT2D eigenvalue weighted by Crippen LogP contribution is -2.13. The smallest absolute Gasteiger partial charge is 0.275 e. The fraction of sp³-hybridized carbons (Fsp3) is 0.214. The first-order chi connectivity index (χ1) is 16.6. The summed E-state index contributed by atoms with van der Waals surface area (Å²) >= 11 is 6.20. The largest absolute Gasteiger partial charge is 0.340 e. The van der Waals surface area contributed by atoms with E-state index in [1.165, 1.54) is 11.1 Å². The van der Waals surface area contributed by atoms with Gasteiger partial charge in [-0.3, -0.25) is 4.79 Å². The van der Waals surface area contributed by atoms with E-state index < -0.39 is 0 Å². The summed E-state index contributed by atoms with van der Waals surface area (Å²) in [6.07, 6.45) is 4.10. The van der Waals surface area contributed by atoms with E-state index in [1.807, 2.05) is 36.4 Å². The van der Waals surface area contributed by atoms with Crippen molar-refractivity contribution in [3.05, 3.63) is 87.2 Å². The molecule has 0 fully saturated rings. The van der Waals surface area contributed by atoms with Gasteiger partial charge in [-0.05, 0) is 79.3 Å². The number of nitrogens with two attached hydrogens (primary N) is 1. The Balaban J connectivity index is 1.68. The molecule has 0 saturated carbocycles. The zero-order valence-corrected chi connectivity index (χ0v) is 19.5. The van der Waals surface area contributed by atoms with E-state index in [4.69, 9.17) is 22.3 Å². The first-order valence-electron chi connectivity index (χ1n) is 11.8. The summed E-state index contributed by atoms with van der Waals surface area (Å²) in [7, 11) is 0. The topological polar surface area (TPSA) is 76.7 Å². The van der Waals surface area contributed by atoms with E-state index in [1.54, 1.807) is 0 Å². The SMILES string of the molecule is NCCCn1c(-c2ccc(Cl)cc2)c(-c2nc3cc4c(cc3[nH]c2=O)CCC4)c2ccccc21. The predicted octanol–water partition coefficient (Wildman–Crippen LogP) is 5.70. The maximum Gasteiger partial charge on any atom is 0.275 e. The molecule has 3 aromatic carbocycles. The van der Waals surface area contributed by atoms with Gasteiger partial charge in [-0.25, -0.2) is 4.98 Å². The Morgan fingerprint density at radius 2 is 1.79 bits per heavy atom. The Hall–Kier alpha value is -3.41. The number of fused-ring (bicyclic) bond motifs is 3. The Labute approximate surface area is 202 Å². The standard InChI is InChI=1S/C28H25ClN4O/c29-20-11-9-17(10-12-20)27-25(21-7-1-2-8-24(21)33(27)14-4-13-30)26-28(34)32-23-16-19-6-3-5-18(19)15-22(23)31-26/h1-2,7-12,15-16H,3-6,13-14,30H2,(H,32,34). The molecule has 0 atom stereocenters. The van der Waals surface area contributed by atoms with E-state index in [2.05, 4.69) is 33.8 Å². The van der Waals surface area contributed by atoms with Crippen LogP contribution in [0.2, 0.25) is 5.02 Å². The normalized spacial score (nSPS) is 13.1. The van der Waals surface area contributed by atoms with Crippen molar-refractivity contribution in [2.24, 2.45) is 5.73 Å². The Kier molecular flexibility index (Phi) is 5.24. The molecule has 5 nitrogen and oxygen atoms in total. The summed E-state index contributed by atoms with van der Waals surface area (Å²) < 4.78 is 2.26. The van der Waals surface area contributed by atoms with Crippen molar-refractivity contribution in [1.82, 2.24) is 14.5 Å². The van der Waals surface area contributed by atoms with Crippen LogP contribution in [0.25, 0.3) is 44.5 Å². The van der Waals surface area contributed by atoms with Crippen molar-refractivity contribution < 1.29 is 0 Å². The molecule has 6 heteroatoms. The van der Waals surface area contributed by atoms with Crippen molar-refractivity contribution in [3.8, 4) is 22.5 Å². The molecule has 6 rings (SSSR count).